The molecule has 2 aromatic carbocycles. The third-order valence-electron chi connectivity index (χ3n) is 3.87. The van der Waals surface area contributed by atoms with Gasteiger partial charge in [0.1, 0.15) is 5.75 Å². The Balaban J connectivity index is 2.06. The van der Waals surface area contributed by atoms with Crippen molar-refractivity contribution in [2.45, 2.75) is 31.1 Å². The molecule has 0 spiro atoms. The molecule has 2 rings (SSSR count). The molecule has 6 heteroatoms. The van der Waals surface area contributed by atoms with Gasteiger partial charge in [-0.15, -0.1) is 0 Å². The predicted molar refractivity (Wildman–Crippen MR) is 97.7 cm³/mol. The number of Topliss-reactive ketones (excluding diaryl/α,β-unsaturated/α-hetero) is 1. The number of benzene rings is 2. The Morgan fingerprint density at radius 3 is 2.04 bits per heavy atom. The van der Waals surface area contributed by atoms with E-state index in [2.05, 4.69) is 25.5 Å². The summed E-state index contributed by atoms with van der Waals surface area (Å²) in [6, 6.07) is 13.2. The fourth-order valence-corrected chi connectivity index (χ4v) is 3.24. The van der Waals surface area contributed by atoms with Crippen LogP contribution in [0.4, 0.5) is 0 Å². The van der Waals surface area contributed by atoms with Gasteiger partial charge in [-0.1, -0.05) is 32.9 Å². The Bertz CT molecular complexity index is 832. The van der Waals surface area contributed by atoms with Gasteiger partial charge < -0.3 is 4.74 Å². The van der Waals surface area contributed by atoms with Crippen LogP contribution in [0.2, 0.25) is 0 Å². The number of hydrogen-bond acceptors (Lipinski definition) is 4. The smallest absolute Gasteiger partial charge is 0.240 e. The summed E-state index contributed by atoms with van der Waals surface area (Å²) in [7, 11) is -2.20. The van der Waals surface area contributed by atoms with Crippen molar-refractivity contribution < 1.29 is 17.9 Å². The minimum Gasteiger partial charge on any atom is -0.497 e. The van der Waals surface area contributed by atoms with E-state index in [1.807, 2.05) is 0 Å². The predicted octanol–water partition coefficient (Wildman–Crippen LogP) is 3.15. The zero-order chi connectivity index (χ0) is 18.7. The number of sulfonamides is 1. The van der Waals surface area contributed by atoms with Gasteiger partial charge in [0.15, 0.2) is 5.78 Å². The van der Waals surface area contributed by atoms with E-state index in [4.69, 9.17) is 4.74 Å². The zero-order valence-electron chi connectivity index (χ0n) is 14.9. The number of nitrogens with one attached hydrogen (secondary N) is 1. The highest BCUT2D eigenvalue weighted by molar-refractivity contribution is 7.89. The van der Waals surface area contributed by atoms with Crippen molar-refractivity contribution in [2.24, 2.45) is 0 Å². The van der Waals surface area contributed by atoms with Gasteiger partial charge in [0, 0.05) is 5.56 Å². The number of carbonyl (C=O) groups excluding carboxylic acids is 1. The van der Waals surface area contributed by atoms with Crippen molar-refractivity contribution in [1.29, 1.82) is 0 Å². The first-order valence-corrected chi connectivity index (χ1v) is 9.39. The molecule has 0 saturated heterocycles. The largest absolute Gasteiger partial charge is 0.497 e. The van der Waals surface area contributed by atoms with Gasteiger partial charge >= 0.3 is 0 Å². The summed E-state index contributed by atoms with van der Waals surface area (Å²) in [5.41, 5.74) is 1.41. The average molecular weight is 361 g/mol. The van der Waals surface area contributed by atoms with Crippen LogP contribution in [0.1, 0.15) is 36.7 Å². The molecule has 0 fully saturated rings. The van der Waals surface area contributed by atoms with E-state index in [1.54, 1.807) is 48.5 Å². The molecule has 5 nitrogen and oxygen atoms in total. The van der Waals surface area contributed by atoms with Crippen molar-refractivity contribution in [3.05, 3.63) is 59.7 Å². The van der Waals surface area contributed by atoms with E-state index in [0.717, 1.165) is 5.56 Å². The summed E-state index contributed by atoms with van der Waals surface area (Å²) >= 11 is 0. The summed E-state index contributed by atoms with van der Waals surface area (Å²) in [5, 5.41) is 0. The highest BCUT2D eigenvalue weighted by atomic mass is 32.2. The maximum Gasteiger partial charge on any atom is 0.240 e. The molecule has 0 aliphatic rings. The third kappa shape index (κ3) is 4.90. The number of rotatable bonds is 6. The van der Waals surface area contributed by atoms with Crippen LogP contribution in [0.25, 0.3) is 0 Å². The first-order valence-electron chi connectivity index (χ1n) is 7.91. The maximum atomic E-state index is 12.3. The molecule has 0 amide bonds. The van der Waals surface area contributed by atoms with Gasteiger partial charge in [-0.2, -0.15) is 0 Å². The molecular formula is C19H23NO4S. The van der Waals surface area contributed by atoms with Gasteiger partial charge in [0.05, 0.1) is 18.6 Å². The van der Waals surface area contributed by atoms with Crippen LogP contribution in [0.15, 0.2) is 53.4 Å². The van der Waals surface area contributed by atoms with Crippen LogP contribution in [0.3, 0.4) is 0 Å². The lowest BCUT2D eigenvalue weighted by molar-refractivity contribution is 0.0997. The fourth-order valence-electron chi connectivity index (χ4n) is 2.26. The lowest BCUT2D eigenvalue weighted by Gasteiger charge is -2.19. The molecule has 0 radical (unpaired) electrons. The molecule has 0 heterocycles. The highest BCUT2D eigenvalue weighted by Crippen LogP contribution is 2.23. The molecule has 134 valence electrons. The van der Waals surface area contributed by atoms with Gasteiger partial charge in [-0.25, -0.2) is 13.1 Å². The second-order valence-electron chi connectivity index (χ2n) is 6.75. The van der Waals surface area contributed by atoms with Crippen LogP contribution in [0, 0.1) is 0 Å². The fraction of sp³-hybridized carbons (Fsp3) is 0.316. The second kappa shape index (κ2) is 7.37. The van der Waals surface area contributed by atoms with E-state index in [9.17, 15) is 13.2 Å². The summed E-state index contributed by atoms with van der Waals surface area (Å²) in [6.45, 7) is 5.88. The molecule has 0 aliphatic carbocycles. The molecule has 2 aromatic rings. The Morgan fingerprint density at radius 1 is 1.00 bits per heavy atom. The lowest BCUT2D eigenvalue weighted by Crippen LogP contribution is -2.29. The van der Waals surface area contributed by atoms with Crippen LogP contribution >= 0.6 is 0 Å². The highest BCUT2D eigenvalue weighted by Gasteiger charge is 2.18. The van der Waals surface area contributed by atoms with E-state index in [1.165, 1.54) is 7.11 Å². The monoisotopic (exact) mass is 361 g/mol. The summed E-state index contributed by atoms with van der Waals surface area (Å²) in [5.74, 6) is 0.327. The van der Waals surface area contributed by atoms with Crippen molar-refractivity contribution in [1.82, 2.24) is 4.72 Å². The van der Waals surface area contributed by atoms with Crippen molar-refractivity contribution in [3.63, 3.8) is 0 Å². The van der Waals surface area contributed by atoms with Gasteiger partial charge in [-0.3, -0.25) is 4.79 Å². The molecule has 0 aromatic heterocycles. The molecule has 0 bridgehead atoms. The first-order chi connectivity index (χ1) is 11.6. The molecule has 0 atom stereocenters. The molecule has 1 N–H and O–H groups in total. The van der Waals surface area contributed by atoms with Crippen LogP contribution < -0.4 is 9.46 Å². The minimum absolute atomic E-state index is 0.0555. The summed E-state index contributed by atoms with van der Waals surface area (Å²) in [6.07, 6.45) is 0. The van der Waals surface area contributed by atoms with Crippen molar-refractivity contribution in [3.8, 4) is 5.75 Å². The molecule has 25 heavy (non-hydrogen) atoms. The number of ketones is 1. The lowest BCUT2D eigenvalue weighted by atomic mass is 9.87. The Hall–Kier alpha value is -2.18. The van der Waals surface area contributed by atoms with Crippen molar-refractivity contribution in [2.75, 3.05) is 13.7 Å². The average Bonchev–Trinajstić information content (AvgIpc) is 2.59. The number of hydrogen-bond donors (Lipinski definition) is 1. The Kier molecular flexibility index (Phi) is 5.65. The van der Waals surface area contributed by atoms with Crippen LogP contribution in [-0.4, -0.2) is 27.9 Å². The van der Waals surface area contributed by atoms with E-state index < -0.39 is 10.0 Å². The van der Waals surface area contributed by atoms with E-state index in [0.29, 0.717) is 11.3 Å². The first kappa shape index (κ1) is 19.1. The van der Waals surface area contributed by atoms with Gasteiger partial charge in [0.25, 0.3) is 0 Å². The number of methoxy groups -OCH3 is 1. The number of carbonyl (C=O) groups is 1. The number of ether oxygens (including phenoxy) is 1. The zero-order valence-corrected chi connectivity index (χ0v) is 15.7. The van der Waals surface area contributed by atoms with E-state index >= 15 is 0 Å². The third-order valence-corrected chi connectivity index (χ3v) is 5.28. The second-order valence-corrected chi connectivity index (χ2v) is 8.52. The summed E-state index contributed by atoms with van der Waals surface area (Å²) in [4.78, 5) is 12.3. The summed E-state index contributed by atoms with van der Waals surface area (Å²) < 4.78 is 32.1. The standard InChI is InChI=1S/C19H23NO4S/c1-19(2,3)15-7-11-17(12-8-15)25(22,23)20-13-18(21)14-5-9-16(24-4)10-6-14/h5-12,20H,13H2,1-4H3. The molecule has 0 saturated carbocycles. The van der Waals surface area contributed by atoms with Crippen molar-refractivity contribution >= 4 is 15.8 Å². The van der Waals surface area contributed by atoms with Crippen LogP contribution in [-0.2, 0) is 15.4 Å². The molecular weight excluding hydrogens is 338 g/mol. The SMILES string of the molecule is COc1ccc(C(=O)CNS(=O)(=O)c2ccc(C(C)(C)C)cc2)cc1. The normalized spacial score (nSPS) is 12.0. The Morgan fingerprint density at radius 2 is 1.56 bits per heavy atom. The maximum absolute atomic E-state index is 12.3. The molecule has 0 unspecified atom stereocenters. The van der Waals surface area contributed by atoms with E-state index in [-0.39, 0.29) is 22.6 Å². The van der Waals surface area contributed by atoms with Gasteiger partial charge in [0.2, 0.25) is 10.0 Å². The van der Waals surface area contributed by atoms with Crippen LogP contribution in [0.5, 0.6) is 5.75 Å². The molecule has 0 aliphatic heterocycles. The Labute approximate surface area is 149 Å². The quantitative estimate of drug-likeness (QED) is 0.802. The minimum atomic E-state index is -3.73. The topological polar surface area (TPSA) is 72.5 Å². The van der Waals surface area contributed by atoms with Gasteiger partial charge in [-0.05, 0) is 47.4 Å².